The van der Waals surface area contributed by atoms with Crippen molar-refractivity contribution in [2.75, 3.05) is 0 Å². The molecular formula is C11H16N4O3. The van der Waals surface area contributed by atoms with Crippen LogP contribution >= 0.6 is 0 Å². The number of hydrogen-bond donors (Lipinski definition) is 3. The fourth-order valence-corrected chi connectivity index (χ4v) is 1.91. The van der Waals surface area contributed by atoms with Crippen molar-refractivity contribution in [3.63, 3.8) is 0 Å². The normalized spacial score (nSPS) is 16.7. The second-order valence-corrected chi connectivity index (χ2v) is 4.50. The van der Waals surface area contributed by atoms with E-state index in [1.807, 2.05) is 7.05 Å². The molecule has 1 aliphatic rings. The molecular weight excluding hydrogens is 236 g/mol. The van der Waals surface area contributed by atoms with E-state index in [9.17, 15) is 9.59 Å². The van der Waals surface area contributed by atoms with E-state index in [1.165, 1.54) is 0 Å². The van der Waals surface area contributed by atoms with Gasteiger partial charge in [0.1, 0.15) is 11.4 Å². The molecule has 0 saturated heterocycles. The van der Waals surface area contributed by atoms with Crippen molar-refractivity contribution in [1.82, 2.24) is 20.2 Å². The van der Waals surface area contributed by atoms with Crippen molar-refractivity contribution < 1.29 is 14.7 Å². The number of carbonyl (C=O) groups excluding carboxylic acids is 1. The number of nitrogens with one attached hydrogen (secondary N) is 2. The van der Waals surface area contributed by atoms with E-state index in [2.05, 4.69) is 15.6 Å². The molecule has 1 saturated carbocycles. The van der Waals surface area contributed by atoms with Gasteiger partial charge in [-0.2, -0.15) is 0 Å². The Labute approximate surface area is 104 Å². The maximum absolute atomic E-state index is 11.6. The number of aromatic nitrogens is 2. The van der Waals surface area contributed by atoms with Gasteiger partial charge >= 0.3 is 12.0 Å². The molecule has 0 spiro atoms. The molecule has 1 aromatic heterocycles. The van der Waals surface area contributed by atoms with Crippen LogP contribution in [-0.2, 0) is 18.4 Å². The van der Waals surface area contributed by atoms with E-state index < -0.39 is 17.5 Å². The number of urea groups is 1. The maximum atomic E-state index is 11.6. The molecule has 0 bridgehead atoms. The summed E-state index contributed by atoms with van der Waals surface area (Å²) in [6, 6.07) is -0.472. The number of carboxylic acids is 1. The van der Waals surface area contributed by atoms with Crippen LogP contribution in [0.15, 0.2) is 12.4 Å². The number of carbonyl (C=O) groups is 2. The van der Waals surface area contributed by atoms with Gasteiger partial charge in [-0.15, -0.1) is 0 Å². The lowest BCUT2D eigenvalue weighted by Gasteiger charge is -2.38. The number of imidazole rings is 1. The molecule has 18 heavy (non-hydrogen) atoms. The molecule has 7 heteroatoms. The summed E-state index contributed by atoms with van der Waals surface area (Å²) in [7, 11) is 1.83. The van der Waals surface area contributed by atoms with Gasteiger partial charge in [0.2, 0.25) is 0 Å². The fourth-order valence-electron chi connectivity index (χ4n) is 1.91. The molecule has 1 heterocycles. The molecule has 98 valence electrons. The Morgan fingerprint density at radius 2 is 2.28 bits per heavy atom. The molecule has 0 aromatic carbocycles. The van der Waals surface area contributed by atoms with Gasteiger partial charge in [-0.25, -0.2) is 14.6 Å². The lowest BCUT2D eigenvalue weighted by molar-refractivity contribution is -0.148. The minimum atomic E-state index is -1.08. The standard InChI is InChI=1S/C11H16N4O3/c1-15-6-5-12-8(15)7-13-10(18)14-11(9(16)17)3-2-4-11/h5-6H,2-4,7H2,1H3,(H,16,17)(H2,13,14,18). The topological polar surface area (TPSA) is 96.3 Å². The van der Waals surface area contributed by atoms with Crippen LogP contribution < -0.4 is 10.6 Å². The highest BCUT2D eigenvalue weighted by Gasteiger charge is 2.45. The third-order valence-corrected chi connectivity index (χ3v) is 3.30. The van der Waals surface area contributed by atoms with E-state index in [0.717, 1.165) is 6.42 Å². The predicted octanol–water partition coefficient (Wildman–Crippen LogP) is 0.227. The number of aryl methyl sites for hydroxylation is 1. The van der Waals surface area contributed by atoms with Crippen molar-refractivity contribution in [3.05, 3.63) is 18.2 Å². The van der Waals surface area contributed by atoms with Gasteiger partial charge in [-0.1, -0.05) is 0 Å². The summed E-state index contributed by atoms with van der Waals surface area (Å²) in [4.78, 5) is 26.8. The average molecular weight is 252 g/mol. The lowest BCUT2D eigenvalue weighted by atomic mass is 9.77. The van der Waals surface area contributed by atoms with Crippen LogP contribution in [0.25, 0.3) is 0 Å². The van der Waals surface area contributed by atoms with Gasteiger partial charge in [-0.3, -0.25) is 0 Å². The third-order valence-electron chi connectivity index (χ3n) is 3.30. The van der Waals surface area contributed by atoms with Crippen molar-refractivity contribution >= 4 is 12.0 Å². The molecule has 7 nitrogen and oxygen atoms in total. The van der Waals surface area contributed by atoms with Gasteiger partial charge in [0.05, 0.1) is 6.54 Å². The summed E-state index contributed by atoms with van der Waals surface area (Å²) in [5.41, 5.74) is -1.08. The SMILES string of the molecule is Cn1ccnc1CNC(=O)NC1(C(=O)O)CCC1. The van der Waals surface area contributed by atoms with E-state index in [-0.39, 0.29) is 6.54 Å². The zero-order valence-corrected chi connectivity index (χ0v) is 10.1. The van der Waals surface area contributed by atoms with Crippen LogP contribution in [-0.4, -0.2) is 32.2 Å². The van der Waals surface area contributed by atoms with Crippen LogP contribution in [0.2, 0.25) is 0 Å². The fraction of sp³-hybridized carbons (Fsp3) is 0.545. The van der Waals surface area contributed by atoms with Gasteiger partial charge in [-0.05, 0) is 19.3 Å². The largest absolute Gasteiger partial charge is 0.480 e. The van der Waals surface area contributed by atoms with E-state index in [0.29, 0.717) is 18.7 Å². The predicted molar refractivity (Wildman–Crippen MR) is 62.8 cm³/mol. The number of nitrogens with zero attached hydrogens (tertiary/aromatic N) is 2. The van der Waals surface area contributed by atoms with Crippen molar-refractivity contribution in [1.29, 1.82) is 0 Å². The number of rotatable bonds is 4. The molecule has 2 rings (SSSR count). The molecule has 1 aliphatic carbocycles. The maximum Gasteiger partial charge on any atom is 0.329 e. The summed E-state index contributed by atoms with van der Waals surface area (Å²) < 4.78 is 1.79. The summed E-state index contributed by atoms with van der Waals surface area (Å²) in [5.74, 6) is -0.260. The Balaban J connectivity index is 1.86. The summed E-state index contributed by atoms with van der Waals surface area (Å²) >= 11 is 0. The van der Waals surface area contributed by atoms with Crippen molar-refractivity contribution in [2.24, 2.45) is 7.05 Å². The van der Waals surface area contributed by atoms with Crippen molar-refractivity contribution in [3.8, 4) is 0 Å². The number of amides is 2. The number of carboxylic acid groups (broad SMARTS) is 1. The highest BCUT2D eigenvalue weighted by molar-refractivity contribution is 5.87. The molecule has 3 N–H and O–H groups in total. The van der Waals surface area contributed by atoms with Gasteiger partial charge in [0, 0.05) is 19.4 Å². The average Bonchev–Trinajstić information content (AvgIpc) is 2.66. The number of hydrogen-bond acceptors (Lipinski definition) is 3. The monoisotopic (exact) mass is 252 g/mol. The second kappa shape index (κ2) is 4.67. The van der Waals surface area contributed by atoms with Crippen molar-refractivity contribution in [2.45, 2.75) is 31.3 Å². The minimum Gasteiger partial charge on any atom is -0.480 e. The summed E-state index contributed by atoms with van der Waals surface area (Å²) in [6.07, 6.45) is 5.21. The third kappa shape index (κ3) is 2.29. The van der Waals surface area contributed by atoms with Gasteiger partial charge in [0.15, 0.2) is 0 Å². The first-order chi connectivity index (χ1) is 8.53. The van der Waals surface area contributed by atoms with Crippen LogP contribution in [0.1, 0.15) is 25.1 Å². The molecule has 0 unspecified atom stereocenters. The molecule has 2 amide bonds. The lowest BCUT2D eigenvalue weighted by Crippen LogP contribution is -2.61. The second-order valence-electron chi connectivity index (χ2n) is 4.50. The number of aliphatic carboxylic acids is 1. The van der Waals surface area contributed by atoms with Crippen LogP contribution in [0.3, 0.4) is 0 Å². The molecule has 0 aliphatic heterocycles. The zero-order valence-electron chi connectivity index (χ0n) is 10.1. The molecule has 1 aromatic rings. The van der Waals surface area contributed by atoms with Crippen LogP contribution in [0.5, 0.6) is 0 Å². The van der Waals surface area contributed by atoms with Gasteiger partial charge in [0.25, 0.3) is 0 Å². The summed E-state index contributed by atoms with van der Waals surface area (Å²) in [6.45, 7) is 0.269. The first-order valence-corrected chi connectivity index (χ1v) is 5.79. The Morgan fingerprint density at radius 1 is 1.56 bits per heavy atom. The Morgan fingerprint density at radius 3 is 2.72 bits per heavy atom. The van der Waals surface area contributed by atoms with E-state index in [4.69, 9.17) is 5.11 Å². The molecule has 1 fully saturated rings. The highest BCUT2D eigenvalue weighted by atomic mass is 16.4. The van der Waals surface area contributed by atoms with Crippen LogP contribution in [0, 0.1) is 0 Å². The molecule has 0 atom stereocenters. The first-order valence-electron chi connectivity index (χ1n) is 5.79. The minimum absolute atomic E-state index is 0.269. The Hall–Kier alpha value is -2.05. The Bertz CT molecular complexity index is 465. The van der Waals surface area contributed by atoms with E-state index >= 15 is 0 Å². The zero-order chi connectivity index (χ0) is 13.2. The van der Waals surface area contributed by atoms with E-state index in [1.54, 1.807) is 17.0 Å². The molecule has 0 radical (unpaired) electrons. The highest BCUT2D eigenvalue weighted by Crippen LogP contribution is 2.31. The van der Waals surface area contributed by atoms with Gasteiger partial charge < -0.3 is 20.3 Å². The smallest absolute Gasteiger partial charge is 0.329 e. The summed E-state index contributed by atoms with van der Waals surface area (Å²) in [5, 5.41) is 14.2. The quantitative estimate of drug-likeness (QED) is 0.714. The first kappa shape index (κ1) is 12.4. The Kier molecular flexibility index (Phi) is 3.22. The van der Waals surface area contributed by atoms with Crippen LogP contribution in [0.4, 0.5) is 4.79 Å².